The van der Waals surface area contributed by atoms with Crippen LogP contribution in [0.3, 0.4) is 0 Å². The summed E-state index contributed by atoms with van der Waals surface area (Å²) in [5.41, 5.74) is 0.206. The van der Waals surface area contributed by atoms with E-state index in [2.05, 4.69) is 13.8 Å². The largest absolute Gasteiger partial charge is 0.504 e. The lowest BCUT2D eigenvalue weighted by molar-refractivity contribution is -0.120. The first-order chi connectivity index (χ1) is 15.5. The molecule has 0 bridgehead atoms. The second-order valence-corrected chi connectivity index (χ2v) is 9.47. The number of allylic oxidation sites excluding steroid dienone is 2. The van der Waals surface area contributed by atoms with Crippen LogP contribution in [0.1, 0.15) is 142 Å². The number of carbonyl (C=O) groups excluding carboxylic acids is 2. The van der Waals surface area contributed by atoms with Crippen LogP contribution in [-0.4, -0.2) is 21.8 Å². The van der Waals surface area contributed by atoms with Gasteiger partial charge in [-0.15, -0.1) is 0 Å². The van der Waals surface area contributed by atoms with Gasteiger partial charge in [0.1, 0.15) is 0 Å². The Morgan fingerprint density at radius 2 is 0.688 bits per heavy atom. The molecule has 0 aromatic heterocycles. The maximum Gasteiger partial charge on any atom is 0.227 e. The molecule has 0 unspecified atom stereocenters. The molecule has 32 heavy (non-hydrogen) atoms. The van der Waals surface area contributed by atoms with Gasteiger partial charge in [0.15, 0.2) is 11.5 Å². The molecule has 4 heteroatoms. The maximum absolute atomic E-state index is 12.5. The molecule has 0 amide bonds. The number of aliphatic hydroxyl groups excluding tert-OH is 2. The third kappa shape index (κ3) is 10.8. The Hall–Kier alpha value is -1.58. The second-order valence-electron chi connectivity index (χ2n) is 9.47. The van der Waals surface area contributed by atoms with Crippen molar-refractivity contribution in [1.82, 2.24) is 0 Å². The van der Waals surface area contributed by atoms with Crippen LogP contribution in [0, 0.1) is 0 Å². The number of aliphatic hydroxyl groups is 2. The second kappa shape index (κ2) is 17.9. The van der Waals surface area contributed by atoms with Gasteiger partial charge in [0.2, 0.25) is 11.6 Å². The number of rotatable bonds is 20. The number of unbranched alkanes of at least 4 members (excludes halogenated alkanes) is 16. The van der Waals surface area contributed by atoms with Gasteiger partial charge in [0.25, 0.3) is 0 Å². The molecule has 1 aliphatic rings. The Kier molecular flexibility index (Phi) is 15.9. The molecule has 0 aromatic rings. The fraction of sp³-hybridized carbons (Fsp3) is 0.786. The van der Waals surface area contributed by atoms with E-state index in [9.17, 15) is 19.8 Å². The number of hydrogen-bond donors (Lipinski definition) is 2. The van der Waals surface area contributed by atoms with Crippen LogP contribution >= 0.6 is 0 Å². The minimum atomic E-state index is -0.549. The molecule has 0 saturated carbocycles. The molecule has 0 atom stereocenters. The van der Waals surface area contributed by atoms with Gasteiger partial charge >= 0.3 is 0 Å². The van der Waals surface area contributed by atoms with Crippen LogP contribution in [-0.2, 0) is 9.59 Å². The lowest BCUT2D eigenvalue weighted by atomic mass is 9.88. The van der Waals surface area contributed by atoms with Gasteiger partial charge in [0, 0.05) is 11.1 Å². The van der Waals surface area contributed by atoms with Crippen molar-refractivity contribution < 1.29 is 19.8 Å². The van der Waals surface area contributed by atoms with Crippen LogP contribution in [0.5, 0.6) is 0 Å². The summed E-state index contributed by atoms with van der Waals surface area (Å²) in [4.78, 5) is 25.1. The average Bonchev–Trinajstić information content (AvgIpc) is 2.79. The SMILES string of the molecule is CCCCCCCCCCCC1=C(O)C(=O)C(CCCCCCCCCCC)=C(O)C1=O. The minimum Gasteiger partial charge on any atom is -0.504 e. The number of carbonyl (C=O) groups is 2. The summed E-state index contributed by atoms with van der Waals surface area (Å²) in [6.45, 7) is 4.43. The molecule has 0 spiro atoms. The fourth-order valence-corrected chi connectivity index (χ4v) is 4.46. The number of hydrogen-bond acceptors (Lipinski definition) is 4. The number of ketones is 2. The Bertz CT molecular complexity index is 561. The molecule has 0 fully saturated rings. The molecular formula is C28H48O4. The summed E-state index contributed by atoms with van der Waals surface area (Å²) in [7, 11) is 0. The molecular weight excluding hydrogens is 400 g/mol. The van der Waals surface area contributed by atoms with Crippen LogP contribution in [0.25, 0.3) is 0 Å². The van der Waals surface area contributed by atoms with Crippen molar-refractivity contribution in [2.75, 3.05) is 0 Å². The molecule has 1 aliphatic carbocycles. The van der Waals surface area contributed by atoms with E-state index in [4.69, 9.17) is 0 Å². The van der Waals surface area contributed by atoms with Gasteiger partial charge in [-0.3, -0.25) is 9.59 Å². The molecule has 0 aliphatic heterocycles. The van der Waals surface area contributed by atoms with E-state index in [-0.39, 0.29) is 11.1 Å². The highest BCUT2D eigenvalue weighted by atomic mass is 16.3. The van der Waals surface area contributed by atoms with E-state index in [1.54, 1.807) is 0 Å². The third-order valence-electron chi connectivity index (χ3n) is 6.61. The van der Waals surface area contributed by atoms with E-state index < -0.39 is 23.1 Å². The molecule has 0 saturated heterocycles. The first-order valence-electron chi connectivity index (χ1n) is 13.5. The summed E-state index contributed by atoms with van der Waals surface area (Å²) in [6, 6.07) is 0. The lowest BCUT2D eigenvalue weighted by Gasteiger charge is -2.18. The van der Waals surface area contributed by atoms with Crippen molar-refractivity contribution in [2.24, 2.45) is 0 Å². The van der Waals surface area contributed by atoms with Crippen molar-refractivity contribution in [3.63, 3.8) is 0 Å². The van der Waals surface area contributed by atoms with Crippen LogP contribution in [0.2, 0.25) is 0 Å². The zero-order valence-corrected chi connectivity index (χ0v) is 20.9. The maximum atomic E-state index is 12.5. The highest BCUT2D eigenvalue weighted by molar-refractivity contribution is 6.23. The van der Waals surface area contributed by atoms with Crippen molar-refractivity contribution >= 4 is 11.6 Å². The van der Waals surface area contributed by atoms with Crippen LogP contribution in [0.15, 0.2) is 22.7 Å². The Labute approximate surface area is 196 Å². The molecule has 1 rings (SSSR count). The van der Waals surface area contributed by atoms with E-state index in [1.165, 1.54) is 77.0 Å². The molecule has 184 valence electrons. The highest BCUT2D eigenvalue weighted by Gasteiger charge is 2.33. The van der Waals surface area contributed by atoms with Gasteiger partial charge in [-0.25, -0.2) is 0 Å². The van der Waals surface area contributed by atoms with Crippen LogP contribution in [0.4, 0.5) is 0 Å². The fourth-order valence-electron chi connectivity index (χ4n) is 4.46. The molecule has 0 heterocycles. The summed E-state index contributed by atoms with van der Waals surface area (Å²) in [6.07, 6.45) is 21.6. The van der Waals surface area contributed by atoms with Gasteiger partial charge in [-0.2, -0.15) is 0 Å². The van der Waals surface area contributed by atoms with E-state index in [0.717, 1.165) is 38.5 Å². The van der Waals surface area contributed by atoms with Gasteiger partial charge in [0.05, 0.1) is 0 Å². The summed E-state index contributed by atoms with van der Waals surface area (Å²) < 4.78 is 0. The standard InChI is InChI=1S/C28H48O4/c1-3-5-7-9-11-13-15-17-19-21-23-25(29)27(31)24(28(32)26(23)30)22-20-18-16-14-12-10-8-6-4-2/h29,32H,3-22H2,1-2H3. The highest BCUT2D eigenvalue weighted by Crippen LogP contribution is 2.29. The summed E-state index contributed by atoms with van der Waals surface area (Å²) >= 11 is 0. The molecule has 0 aromatic carbocycles. The quantitative estimate of drug-likeness (QED) is 0.144. The first-order valence-corrected chi connectivity index (χ1v) is 13.5. The van der Waals surface area contributed by atoms with Crippen molar-refractivity contribution in [1.29, 1.82) is 0 Å². The predicted octanol–water partition coefficient (Wildman–Crippen LogP) is 8.60. The molecule has 2 N–H and O–H groups in total. The Morgan fingerprint density at radius 3 is 0.969 bits per heavy atom. The van der Waals surface area contributed by atoms with E-state index in [1.807, 2.05) is 0 Å². The van der Waals surface area contributed by atoms with E-state index in [0.29, 0.717) is 12.8 Å². The third-order valence-corrected chi connectivity index (χ3v) is 6.61. The van der Waals surface area contributed by atoms with Crippen molar-refractivity contribution in [3.8, 4) is 0 Å². The van der Waals surface area contributed by atoms with Crippen LogP contribution < -0.4 is 0 Å². The zero-order chi connectivity index (χ0) is 23.6. The Morgan fingerprint density at radius 1 is 0.438 bits per heavy atom. The summed E-state index contributed by atoms with van der Waals surface area (Å²) in [5.74, 6) is -1.96. The predicted molar refractivity (Wildman–Crippen MR) is 133 cm³/mol. The normalized spacial score (nSPS) is 14.7. The molecule has 0 radical (unpaired) electrons. The lowest BCUT2D eigenvalue weighted by Crippen LogP contribution is -2.24. The Balaban J connectivity index is 2.30. The van der Waals surface area contributed by atoms with Crippen molar-refractivity contribution in [3.05, 3.63) is 22.7 Å². The number of Topliss-reactive ketones (excluding diaryl/α,β-unsaturated/α-hetero) is 2. The molecule has 4 nitrogen and oxygen atoms in total. The minimum absolute atomic E-state index is 0.103. The van der Waals surface area contributed by atoms with Gasteiger partial charge < -0.3 is 10.2 Å². The average molecular weight is 449 g/mol. The van der Waals surface area contributed by atoms with E-state index >= 15 is 0 Å². The van der Waals surface area contributed by atoms with Gasteiger partial charge in [-0.1, -0.05) is 117 Å². The topological polar surface area (TPSA) is 74.6 Å². The smallest absolute Gasteiger partial charge is 0.227 e. The van der Waals surface area contributed by atoms with Gasteiger partial charge in [-0.05, 0) is 25.7 Å². The van der Waals surface area contributed by atoms with Crippen molar-refractivity contribution in [2.45, 2.75) is 142 Å². The summed E-state index contributed by atoms with van der Waals surface area (Å²) in [5, 5.41) is 20.7. The first kappa shape index (κ1) is 28.5. The monoisotopic (exact) mass is 448 g/mol. The zero-order valence-electron chi connectivity index (χ0n) is 20.9.